The van der Waals surface area contributed by atoms with Crippen molar-refractivity contribution in [1.82, 2.24) is 15.2 Å². The second-order valence-electron chi connectivity index (χ2n) is 5.28. The van der Waals surface area contributed by atoms with Crippen molar-refractivity contribution in [2.75, 3.05) is 31.1 Å². The Morgan fingerprint density at radius 3 is 2.75 bits per heavy atom. The molecule has 0 saturated carbocycles. The van der Waals surface area contributed by atoms with Gasteiger partial charge in [-0.05, 0) is 30.7 Å². The molecule has 1 aliphatic heterocycles. The summed E-state index contributed by atoms with van der Waals surface area (Å²) < 4.78 is 22.8. The van der Waals surface area contributed by atoms with E-state index in [4.69, 9.17) is 0 Å². The predicted octanol–water partition coefficient (Wildman–Crippen LogP) is 0.680. The first-order valence-corrected chi connectivity index (χ1v) is 8.96. The third-order valence-corrected chi connectivity index (χ3v) is 5.46. The smallest absolute Gasteiger partial charge is 0.151 e. The lowest BCUT2D eigenvalue weighted by atomic mass is 10.2. The molecule has 112 valence electrons. The van der Waals surface area contributed by atoms with E-state index in [1.807, 2.05) is 24.5 Å². The highest BCUT2D eigenvalue weighted by Crippen LogP contribution is 2.11. The van der Waals surface area contributed by atoms with Gasteiger partial charge in [-0.1, -0.05) is 6.92 Å². The maximum absolute atomic E-state index is 11.4. The Labute approximate surface area is 121 Å². The van der Waals surface area contributed by atoms with Gasteiger partial charge in [0.15, 0.2) is 9.84 Å². The van der Waals surface area contributed by atoms with Crippen LogP contribution in [0, 0.1) is 0 Å². The Balaban J connectivity index is 1.72. The monoisotopic (exact) mass is 297 g/mol. The summed E-state index contributed by atoms with van der Waals surface area (Å²) in [5, 5.41) is 3.35. The molecule has 6 heteroatoms. The largest absolute Gasteiger partial charge is 0.312 e. The Hall–Kier alpha value is -0.980. The topological polar surface area (TPSA) is 62.3 Å². The minimum atomic E-state index is -2.78. The first kappa shape index (κ1) is 15.4. The van der Waals surface area contributed by atoms with Gasteiger partial charge >= 0.3 is 0 Å². The van der Waals surface area contributed by atoms with Gasteiger partial charge in [0.25, 0.3) is 0 Å². The summed E-state index contributed by atoms with van der Waals surface area (Å²) in [6.45, 7) is 5.78. The van der Waals surface area contributed by atoms with E-state index in [1.165, 1.54) is 5.56 Å². The molecule has 1 atom stereocenters. The van der Waals surface area contributed by atoms with E-state index in [2.05, 4.69) is 22.1 Å². The van der Waals surface area contributed by atoms with Crippen molar-refractivity contribution < 1.29 is 8.42 Å². The minimum absolute atomic E-state index is 0.139. The maximum atomic E-state index is 11.4. The molecule has 0 radical (unpaired) electrons. The number of aromatic nitrogens is 1. The fourth-order valence-corrected chi connectivity index (χ4v) is 4.19. The number of nitrogens with one attached hydrogen (secondary N) is 1. The average molecular weight is 297 g/mol. The average Bonchev–Trinajstić information content (AvgIpc) is 2.78. The van der Waals surface area contributed by atoms with Crippen LogP contribution in [0.1, 0.15) is 18.9 Å². The second kappa shape index (κ2) is 7.15. The Morgan fingerprint density at radius 2 is 2.15 bits per heavy atom. The van der Waals surface area contributed by atoms with Crippen LogP contribution in [0.5, 0.6) is 0 Å². The molecule has 0 spiro atoms. The minimum Gasteiger partial charge on any atom is -0.312 e. The number of rotatable bonds is 7. The Morgan fingerprint density at radius 1 is 1.40 bits per heavy atom. The van der Waals surface area contributed by atoms with Crippen molar-refractivity contribution in [2.45, 2.75) is 25.9 Å². The third kappa shape index (κ3) is 4.85. The predicted molar refractivity (Wildman–Crippen MR) is 80.2 cm³/mol. The SMILES string of the molecule is CCN(CCNC1CCS(=O)(=O)C1)Cc1ccncc1. The van der Waals surface area contributed by atoms with Crippen LogP contribution in [0.15, 0.2) is 24.5 Å². The van der Waals surface area contributed by atoms with Gasteiger partial charge in [0.05, 0.1) is 11.5 Å². The molecular weight excluding hydrogens is 274 g/mol. The molecule has 0 amide bonds. The summed E-state index contributed by atoms with van der Waals surface area (Å²) in [4.78, 5) is 6.36. The van der Waals surface area contributed by atoms with E-state index in [1.54, 1.807) is 0 Å². The molecule has 1 saturated heterocycles. The molecule has 1 aliphatic rings. The molecule has 1 N–H and O–H groups in total. The Kier molecular flexibility index (Phi) is 5.51. The first-order valence-electron chi connectivity index (χ1n) is 7.14. The maximum Gasteiger partial charge on any atom is 0.151 e. The van der Waals surface area contributed by atoms with Crippen LogP contribution in [0.25, 0.3) is 0 Å². The zero-order valence-corrected chi connectivity index (χ0v) is 12.8. The number of nitrogens with zero attached hydrogens (tertiary/aromatic N) is 2. The summed E-state index contributed by atoms with van der Waals surface area (Å²) in [7, 11) is -2.78. The van der Waals surface area contributed by atoms with Crippen molar-refractivity contribution in [2.24, 2.45) is 0 Å². The van der Waals surface area contributed by atoms with Gasteiger partial charge < -0.3 is 5.32 Å². The molecule has 2 rings (SSSR count). The summed E-state index contributed by atoms with van der Waals surface area (Å²) >= 11 is 0. The summed E-state index contributed by atoms with van der Waals surface area (Å²) in [5.41, 5.74) is 1.25. The molecule has 1 aromatic heterocycles. The summed E-state index contributed by atoms with van der Waals surface area (Å²) in [6, 6.07) is 4.19. The fraction of sp³-hybridized carbons (Fsp3) is 0.643. The van der Waals surface area contributed by atoms with Gasteiger partial charge in [-0.3, -0.25) is 9.88 Å². The highest BCUT2D eigenvalue weighted by Gasteiger charge is 2.27. The second-order valence-corrected chi connectivity index (χ2v) is 7.51. The molecule has 0 aliphatic carbocycles. The fourth-order valence-electron chi connectivity index (χ4n) is 2.48. The quantitative estimate of drug-likeness (QED) is 0.802. The molecule has 1 unspecified atom stereocenters. The van der Waals surface area contributed by atoms with Gasteiger partial charge in [-0.2, -0.15) is 0 Å². The van der Waals surface area contributed by atoms with Crippen molar-refractivity contribution in [3.05, 3.63) is 30.1 Å². The van der Waals surface area contributed by atoms with Gasteiger partial charge in [0, 0.05) is 38.1 Å². The normalized spacial score (nSPS) is 21.4. The lowest BCUT2D eigenvalue weighted by Crippen LogP contribution is -2.37. The van der Waals surface area contributed by atoms with Crippen LogP contribution < -0.4 is 5.32 Å². The van der Waals surface area contributed by atoms with Crippen molar-refractivity contribution in [3.63, 3.8) is 0 Å². The molecule has 20 heavy (non-hydrogen) atoms. The number of sulfone groups is 1. The van der Waals surface area contributed by atoms with Gasteiger partial charge in [0.1, 0.15) is 0 Å². The Bertz CT molecular complexity index is 504. The van der Waals surface area contributed by atoms with Crippen LogP contribution in [0.2, 0.25) is 0 Å². The van der Waals surface area contributed by atoms with E-state index in [0.29, 0.717) is 11.5 Å². The van der Waals surface area contributed by atoms with Crippen LogP contribution in [-0.2, 0) is 16.4 Å². The molecule has 0 aromatic carbocycles. The molecule has 1 aromatic rings. The van der Waals surface area contributed by atoms with Crippen molar-refractivity contribution in [3.8, 4) is 0 Å². The van der Waals surface area contributed by atoms with E-state index in [9.17, 15) is 8.42 Å². The lowest BCUT2D eigenvalue weighted by Gasteiger charge is -2.21. The van der Waals surface area contributed by atoms with Crippen LogP contribution in [0.3, 0.4) is 0 Å². The first-order chi connectivity index (χ1) is 9.59. The van der Waals surface area contributed by atoms with E-state index in [-0.39, 0.29) is 6.04 Å². The number of pyridine rings is 1. The number of hydrogen-bond acceptors (Lipinski definition) is 5. The summed E-state index contributed by atoms with van der Waals surface area (Å²) in [6.07, 6.45) is 4.37. The van der Waals surface area contributed by atoms with Crippen LogP contribution in [-0.4, -0.2) is 55.5 Å². The number of hydrogen-bond donors (Lipinski definition) is 1. The van der Waals surface area contributed by atoms with Gasteiger partial charge in [-0.25, -0.2) is 8.42 Å². The van der Waals surface area contributed by atoms with E-state index >= 15 is 0 Å². The molecule has 2 heterocycles. The molecular formula is C14H23N3O2S. The van der Waals surface area contributed by atoms with Gasteiger partial charge in [-0.15, -0.1) is 0 Å². The molecule has 0 bridgehead atoms. The third-order valence-electron chi connectivity index (χ3n) is 3.70. The van der Waals surface area contributed by atoms with Crippen LogP contribution >= 0.6 is 0 Å². The number of likely N-dealkylation sites (N-methyl/N-ethyl adjacent to an activating group) is 1. The van der Waals surface area contributed by atoms with Gasteiger partial charge in [0.2, 0.25) is 0 Å². The summed E-state index contributed by atoms with van der Waals surface area (Å²) in [5.74, 6) is 0.628. The highest BCUT2D eigenvalue weighted by atomic mass is 32.2. The highest BCUT2D eigenvalue weighted by molar-refractivity contribution is 7.91. The standard InChI is InChI=1S/C14H23N3O2S/c1-2-17(11-13-3-6-15-7-4-13)9-8-16-14-5-10-20(18,19)12-14/h3-4,6-7,14,16H,2,5,8-12H2,1H3. The van der Waals surface area contributed by atoms with Crippen molar-refractivity contribution in [1.29, 1.82) is 0 Å². The van der Waals surface area contributed by atoms with E-state index < -0.39 is 9.84 Å². The van der Waals surface area contributed by atoms with E-state index in [0.717, 1.165) is 32.6 Å². The van der Waals surface area contributed by atoms with Crippen molar-refractivity contribution >= 4 is 9.84 Å². The molecule has 1 fully saturated rings. The molecule has 5 nitrogen and oxygen atoms in total. The van der Waals surface area contributed by atoms with Crippen LogP contribution in [0.4, 0.5) is 0 Å². The zero-order chi connectivity index (χ0) is 14.4. The zero-order valence-electron chi connectivity index (χ0n) is 12.0. The lowest BCUT2D eigenvalue weighted by molar-refractivity contribution is 0.275.